The van der Waals surface area contributed by atoms with E-state index in [1.807, 2.05) is 37.4 Å². The summed E-state index contributed by atoms with van der Waals surface area (Å²) in [7, 11) is 0. The summed E-state index contributed by atoms with van der Waals surface area (Å²) in [6.45, 7) is 6.89. The molecule has 0 bridgehead atoms. The topological polar surface area (TPSA) is 39.3 Å². The normalized spacial score (nSPS) is 17.4. The molecular formula is C22H25N3O. The number of aromatic nitrogens is 1. The third kappa shape index (κ3) is 3.43. The summed E-state index contributed by atoms with van der Waals surface area (Å²) < 4.78 is 0. The fraction of sp³-hybridized carbons (Fsp3) is 0.318. The molecule has 1 N–H and O–H groups in total. The van der Waals surface area contributed by atoms with Crippen LogP contribution in [0.3, 0.4) is 0 Å². The van der Waals surface area contributed by atoms with Crippen molar-refractivity contribution in [3.63, 3.8) is 0 Å². The fourth-order valence-electron chi connectivity index (χ4n) is 3.82. The Bertz CT molecular complexity index is 879. The minimum absolute atomic E-state index is 0.0897. The molecule has 4 rings (SSSR count). The number of nitrogens with zero attached hydrogens (tertiary/aromatic N) is 2. The van der Waals surface area contributed by atoms with Gasteiger partial charge >= 0.3 is 0 Å². The summed E-state index contributed by atoms with van der Waals surface area (Å²) in [6, 6.07) is 18.5. The Labute approximate surface area is 154 Å². The molecule has 0 radical (unpaired) electrons. The van der Waals surface area contributed by atoms with Crippen LogP contribution in [-0.2, 0) is 6.54 Å². The predicted molar refractivity (Wildman–Crippen MR) is 105 cm³/mol. The number of aromatic amines is 1. The van der Waals surface area contributed by atoms with Crippen LogP contribution in [0.15, 0.2) is 60.8 Å². The maximum atomic E-state index is 13.0. The first-order valence-electron chi connectivity index (χ1n) is 9.33. The molecule has 0 unspecified atom stereocenters. The van der Waals surface area contributed by atoms with E-state index in [9.17, 15) is 4.79 Å². The lowest BCUT2D eigenvalue weighted by Crippen LogP contribution is -2.51. The molecule has 134 valence electrons. The molecule has 26 heavy (non-hydrogen) atoms. The lowest BCUT2D eigenvalue weighted by molar-refractivity contribution is 0.0689. The first-order chi connectivity index (χ1) is 12.7. The molecule has 3 aromatic rings. The second-order valence-electron chi connectivity index (χ2n) is 7.09. The molecule has 1 saturated heterocycles. The molecular weight excluding hydrogens is 322 g/mol. The zero-order valence-electron chi connectivity index (χ0n) is 15.2. The molecule has 2 aromatic carbocycles. The maximum absolute atomic E-state index is 13.0. The van der Waals surface area contributed by atoms with Crippen LogP contribution in [-0.4, -0.2) is 52.8 Å². The molecule has 4 nitrogen and oxygen atoms in total. The number of hydrogen-bond donors (Lipinski definition) is 1. The first-order valence-corrected chi connectivity index (χ1v) is 9.33. The second-order valence-corrected chi connectivity index (χ2v) is 7.09. The fourth-order valence-corrected chi connectivity index (χ4v) is 3.82. The zero-order valence-corrected chi connectivity index (χ0v) is 15.2. The van der Waals surface area contributed by atoms with E-state index in [0.29, 0.717) is 0 Å². The Morgan fingerprint density at radius 1 is 1.00 bits per heavy atom. The summed E-state index contributed by atoms with van der Waals surface area (Å²) in [6.07, 6.45) is 1.86. The Hall–Kier alpha value is -2.43. The second kappa shape index (κ2) is 7.44. The van der Waals surface area contributed by atoms with Crippen molar-refractivity contribution in [1.29, 1.82) is 0 Å². The van der Waals surface area contributed by atoms with Crippen molar-refractivity contribution in [2.75, 3.05) is 26.2 Å². The number of hydrogen-bond acceptors (Lipinski definition) is 3. The molecule has 1 fully saturated rings. The van der Waals surface area contributed by atoms with Crippen LogP contribution in [0.1, 0.15) is 22.8 Å². The maximum Gasteiger partial charge on any atom is 0.181 e. The highest BCUT2D eigenvalue weighted by Gasteiger charge is 2.27. The number of nitrogens with one attached hydrogen (secondary N) is 1. The van der Waals surface area contributed by atoms with Crippen LogP contribution in [0.5, 0.6) is 0 Å². The molecule has 0 saturated carbocycles. The Morgan fingerprint density at radius 2 is 1.69 bits per heavy atom. The standard InChI is InChI=1S/C22H25N3O/c1-17(22(26)20-15-23-21-10-6-5-9-19(20)21)25-13-11-24(12-14-25)16-18-7-3-2-4-8-18/h2-10,15,17,23H,11-14,16H2,1H3/t17-/m1/s1. The summed E-state index contributed by atoms with van der Waals surface area (Å²) in [5, 5.41) is 1.02. The van der Waals surface area contributed by atoms with Crippen LogP contribution < -0.4 is 0 Å². The number of benzene rings is 2. The summed E-state index contributed by atoms with van der Waals surface area (Å²) in [4.78, 5) is 21.0. The van der Waals surface area contributed by atoms with Crippen LogP contribution in [0, 0.1) is 0 Å². The van der Waals surface area contributed by atoms with E-state index in [2.05, 4.69) is 45.1 Å². The third-order valence-electron chi connectivity index (χ3n) is 5.44. The van der Waals surface area contributed by atoms with Gasteiger partial charge in [0.2, 0.25) is 0 Å². The van der Waals surface area contributed by atoms with Crippen molar-refractivity contribution in [2.24, 2.45) is 0 Å². The van der Waals surface area contributed by atoms with Crippen LogP contribution in [0.4, 0.5) is 0 Å². The van der Waals surface area contributed by atoms with Crippen LogP contribution in [0.2, 0.25) is 0 Å². The van der Waals surface area contributed by atoms with Gasteiger partial charge in [0.1, 0.15) is 0 Å². The highest BCUT2D eigenvalue weighted by molar-refractivity contribution is 6.10. The molecule has 4 heteroatoms. The number of ketones is 1. The van der Waals surface area contributed by atoms with Gasteiger partial charge in [-0.2, -0.15) is 0 Å². The predicted octanol–water partition coefficient (Wildman–Crippen LogP) is 3.56. The van der Waals surface area contributed by atoms with Crippen molar-refractivity contribution in [1.82, 2.24) is 14.8 Å². The van der Waals surface area contributed by atoms with Gasteiger partial charge in [0.15, 0.2) is 5.78 Å². The van der Waals surface area contributed by atoms with E-state index in [1.165, 1.54) is 5.56 Å². The number of fused-ring (bicyclic) bond motifs is 1. The largest absolute Gasteiger partial charge is 0.360 e. The number of carbonyl (C=O) groups is 1. The third-order valence-corrected chi connectivity index (χ3v) is 5.44. The average Bonchev–Trinajstić information content (AvgIpc) is 3.12. The number of para-hydroxylation sites is 1. The lowest BCUT2D eigenvalue weighted by Gasteiger charge is -2.37. The SMILES string of the molecule is C[C@H](C(=O)c1c[nH]c2ccccc12)N1CCN(Cc2ccccc2)CC1. The monoisotopic (exact) mass is 347 g/mol. The van der Waals surface area contributed by atoms with Crippen LogP contribution >= 0.6 is 0 Å². The van der Waals surface area contributed by atoms with Crippen LogP contribution in [0.25, 0.3) is 10.9 Å². The van der Waals surface area contributed by atoms with E-state index in [4.69, 9.17) is 0 Å². The van der Waals surface area contributed by atoms with Crippen molar-refractivity contribution in [2.45, 2.75) is 19.5 Å². The molecule has 1 aliphatic heterocycles. The van der Waals surface area contributed by atoms with Gasteiger partial charge in [-0.05, 0) is 18.6 Å². The van der Waals surface area contributed by atoms with E-state index >= 15 is 0 Å². The first kappa shape index (κ1) is 17.0. The number of piperazine rings is 1. The van der Waals surface area contributed by atoms with Gasteiger partial charge in [-0.3, -0.25) is 14.6 Å². The average molecular weight is 347 g/mol. The van der Waals surface area contributed by atoms with Gasteiger partial charge in [0.05, 0.1) is 6.04 Å². The van der Waals surface area contributed by atoms with Gasteiger partial charge in [-0.15, -0.1) is 0 Å². The number of carbonyl (C=O) groups excluding carboxylic acids is 1. The molecule has 0 aliphatic carbocycles. The number of H-pyrrole nitrogens is 1. The van der Waals surface area contributed by atoms with Crippen molar-refractivity contribution < 1.29 is 4.79 Å². The Balaban J connectivity index is 1.39. The van der Waals surface area contributed by atoms with Gasteiger partial charge in [-0.1, -0.05) is 48.5 Å². The lowest BCUT2D eigenvalue weighted by atomic mass is 10.0. The molecule has 1 atom stereocenters. The van der Waals surface area contributed by atoms with Gasteiger partial charge in [0.25, 0.3) is 0 Å². The van der Waals surface area contributed by atoms with Crippen molar-refractivity contribution in [3.05, 3.63) is 71.9 Å². The van der Waals surface area contributed by atoms with Gasteiger partial charge in [0, 0.05) is 55.4 Å². The summed E-state index contributed by atoms with van der Waals surface area (Å²) in [5.74, 6) is 0.207. The van der Waals surface area contributed by atoms with Gasteiger partial charge < -0.3 is 4.98 Å². The summed E-state index contributed by atoms with van der Waals surface area (Å²) in [5.41, 5.74) is 3.18. The highest BCUT2D eigenvalue weighted by Crippen LogP contribution is 2.21. The molecule has 1 aliphatic rings. The molecule has 0 amide bonds. The summed E-state index contributed by atoms with van der Waals surface area (Å²) >= 11 is 0. The molecule has 2 heterocycles. The quantitative estimate of drug-likeness (QED) is 0.718. The van der Waals surface area contributed by atoms with Crippen molar-refractivity contribution in [3.8, 4) is 0 Å². The Kier molecular flexibility index (Phi) is 4.87. The van der Waals surface area contributed by atoms with E-state index < -0.39 is 0 Å². The van der Waals surface area contributed by atoms with E-state index in [1.54, 1.807) is 0 Å². The minimum atomic E-state index is -0.0897. The number of rotatable bonds is 5. The molecule has 0 spiro atoms. The van der Waals surface area contributed by atoms with E-state index in [0.717, 1.165) is 49.2 Å². The Morgan fingerprint density at radius 3 is 2.46 bits per heavy atom. The van der Waals surface area contributed by atoms with Gasteiger partial charge in [-0.25, -0.2) is 0 Å². The van der Waals surface area contributed by atoms with E-state index in [-0.39, 0.29) is 11.8 Å². The number of Topliss-reactive ketones (excluding diaryl/α,β-unsaturated/α-hetero) is 1. The smallest absolute Gasteiger partial charge is 0.181 e. The van der Waals surface area contributed by atoms with Crippen molar-refractivity contribution >= 4 is 16.7 Å². The molecule has 1 aromatic heterocycles. The zero-order chi connectivity index (χ0) is 17.9. The minimum Gasteiger partial charge on any atom is -0.360 e. The highest BCUT2D eigenvalue weighted by atomic mass is 16.1.